The van der Waals surface area contributed by atoms with Crippen LogP contribution in [0, 0.1) is 17.0 Å². The van der Waals surface area contributed by atoms with Gasteiger partial charge in [0.25, 0.3) is 5.69 Å². The molecule has 0 saturated heterocycles. The molecule has 0 radical (unpaired) electrons. The van der Waals surface area contributed by atoms with E-state index in [1.54, 1.807) is 12.1 Å². The van der Waals surface area contributed by atoms with E-state index in [0.29, 0.717) is 23.7 Å². The van der Waals surface area contributed by atoms with Gasteiger partial charge in [-0.15, -0.1) is 0 Å². The van der Waals surface area contributed by atoms with Crippen molar-refractivity contribution in [1.82, 2.24) is 15.5 Å². The first-order valence-corrected chi connectivity index (χ1v) is 11.2. The molecule has 0 aliphatic heterocycles. The molecule has 1 aromatic heterocycles. The lowest BCUT2D eigenvalue weighted by atomic mass is 10.1. The minimum absolute atomic E-state index is 0.0111. The molecule has 0 saturated carbocycles. The van der Waals surface area contributed by atoms with E-state index in [-0.39, 0.29) is 24.9 Å². The summed E-state index contributed by atoms with van der Waals surface area (Å²) in [4.78, 5) is 15.0. The molecule has 0 aliphatic rings. The Bertz CT molecular complexity index is 1240. The molecule has 9 heteroatoms. The zero-order chi connectivity index (χ0) is 24.6. The number of rotatable bonds is 11. The lowest BCUT2D eigenvalue weighted by Crippen LogP contribution is -2.35. The summed E-state index contributed by atoms with van der Waals surface area (Å²) in [5.41, 5.74) is 2.66. The van der Waals surface area contributed by atoms with E-state index < -0.39 is 11.0 Å². The highest BCUT2D eigenvalue weighted by atomic mass is 16.6. The number of non-ortho nitro benzene ring substituents is 1. The Balaban J connectivity index is 1.45. The number of hydrogen-bond acceptors (Lipinski definition) is 8. The van der Waals surface area contributed by atoms with E-state index in [0.717, 1.165) is 16.9 Å². The van der Waals surface area contributed by atoms with E-state index in [1.807, 2.05) is 61.5 Å². The minimum Gasteiger partial charge on any atom is -0.491 e. The molecule has 3 aromatic carbocycles. The first-order chi connectivity index (χ1) is 17.0. The predicted octanol–water partition coefficient (Wildman–Crippen LogP) is 4.27. The van der Waals surface area contributed by atoms with Crippen LogP contribution in [-0.4, -0.2) is 39.4 Å². The summed E-state index contributed by atoms with van der Waals surface area (Å²) < 4.78 is 11.3. The molecule has 0 fully saturated rings. The van der Waals surface area contributed by atoms with E-state index in [1.165, 1.54) is 12.1 Å². The van der Waals surface area contributed by atoms with Crippen molar-refractivity contribution in [2.45, 2.75) is 25.5 Å². The molecule has 1 heterocycles. The van der Waals surface area contributed by atoms with Gasteiger partial charge in [-0.2, -0.15) is 4.98 Å². The number of nitrogens with one attached hydrogen (secondary N) is 1. The molecule has 35 heavy (non-hydrogen) atoms. The number of nitrogens with zero attached hydrogens (tertiary/aromatic N) is 3. The Morgan fingerprint density at radius 3 is 2.49 bits per heavy atom. The van der Waals surface area contributed by atoms with Crippen LogP contribution in [0.3, 0.4) is 0 Å². The largest absolute Gasteiger partial charge is 0.491 e. The number of aliphatic hydroxyl groups excluding tert-OH is 1. The number of hydrogen-bond donors (Lipinski definition) is 2. The number of benzene rings is 3. The van der Waals surface area contributed by atoms with Gasteiger partial charge in [0.15, 0.2) is 0 Å². The molecular formula is C26H26N4O5. The van der Waals surface area contributed by atoms with E-state index in [2.05, 4.69) is 15.5 Å². The highest BCUT2D eigenvalue weighted by Gasteiger charge is 2.22. The average molecular weight is 475 g/mol. The van der Waals surface area contributed by atoms with Crippen molar-refractivity contribution in [2.24, 2.45) is 0 Å². The van der Waals surface area contributed by atoms with E-state index in [4.69, 9.17) is 9.26 Å². The van der Waals surface area contributed by atoms with Crippen molar-refractivity contribution in [3.05, 3.63) is 106 Å². The molecule has 2 N–H and O–H groups in total. The number of aliphatic hydroxyl groups is 1. The van der Waals surface area contributed by atoms with Crippen molar-refractivity contribution in [2.75, 3.05) is 13.2 Å². The second kappa shape index (κ2) is 11.4. The number of aromatic nitrogens is 2. The second-order valence-corrected chi connectivity index (χ2v) is 8.14. The van der Waals surface area contributed by atoms with Gasteiger partial charge in [0.2, 0.25) is 11.7 Å². The van der Waals surface area contributed by atoms with Crippen molar-refractivity contribution < 1.29 is 19.3 Å². The Labute approximate surface area is 202 Å². The molecular weight excluding hydrogens is 448 g/mol. The summed E-state index contributed by atoms with van der Waals surface area (Å²) in [5.74, 6) is 1.42. The lowest BCUT2D eigenvalue weighted by molar-refractivity contribution is -0.384. The minimum atomic E-state index is -0.759. The Morgan fingerprint density at radius 2 is 1.77 bits per heavy atom. The third kappa shape index (κ3) is 6.50. The number of para-hydroxylation sites is 1. The van der Waals surface area contributed by atoms with E-state index >= 15 is 0 Å². The van der Waals surface area contributed by atoms with Crippen LogP contribution in [0.5, 0.6) is 5.75 Å². The topological polar surface area (TPSA) is 124 Å². The standard InChI is InChI=1S/C26H26N4O5/c1-18-7-5-6-10-24(18)34-17-22(31)16-27-23(15-19-8-3-2-4-9-19)26-28-25(29-35-26)20-11-13-21(14-12-20)30(32)33/h2-14,22-23,27,31H,15-17H2,1H3/t22-,23+/m1/s1. The van der Waals surface area contributed by atoms with Gasteiger partial charge in [0.05, 0.1) is 11.0 Å². The zero-order valence-electron chi connectivity index (χ0n) is 19.2. The monoisotopic (exact) mass is 474 g/mol. The Morgan fingerprint density at radius 1 is 1.06 bits per heavy atom. The molecule has 4 aromatic rings. The molecule has 0 spiro atoms. The summed E-state index contributed by atoms with van der Waals surface area (Å²) in [5, 5.41) is 28.8. The number of nitro groups is 1. The highest BCUT2D eigenvalue weighted by Crippen LogP contribution is 2.23. The summed E-state index contributed by atoms with van der Waals surface area (Å²) in [6, 6.07) is 23.1. The SMILES string of the molecule is Cc1ccccc1OC[C@H](O)CN[C@@H](Cc1ccccc1)c1nc(-c2ccc([N+](=O)[O-])cc2)no1. The molecule has 0 bridgehead atoms. The number of nitro benzene ring substituents is 1. The fraction of sp³-hybridized carbons (Fsp3) is 0.231. The molecule has 0 amide bonds. The highest BCUT2D eigenvalue weighted by molar-refractivity contribution is 5.56. The van der Waals surface area contributed by atoms with Gasteiger partial charge in [0, 0.05) is 24.2 Å². The summed E-state index contributed by atoms with van der Waals surface area (Å²) in [6.45, 7) is 2.33. The van der Waals surface area contributed by atoms with E-state index in [9.17, 15) is 15.2 Å². The summed E-state index contributed by atoms with van der Waals surface area (Å²) in [6.07, 6.45) is -0.196. The van der Waals surface area contributed by atoms with Crippen LogP contribution in [0.2, 0.25) is 0 Å². The maximum Gasteiger partial charge on any atom is 0.269 e. The van der Waals surface area contributed by atoms with Crippen LogP contribution < -0.4 is 10.1 Å². The summed E-state index contributed by atoms with van der Waals surface area (Å²) >= 11 is 0. The first kappa shape index (κ1) is 24.1. The molecule has 180 valence electrons. The van der Waals surface area contributed by atoms with Crippen LogP contribution in [0.4, 0.5) is 5.69 Å². The maximum absolute atomic E-state index is 10.9. The van der Waals surface area contributed by atoms with Gasteiger partial charge in [-0.25, -0.2) is 0 Å². The molecule has 9 nitrogen and oxygen atoms in total. The lowest BCUT2D eigenvalue weighted by Gasteiger charge is -2.19. The van der Waals surface area contributed by atoms with Gasteiger partial charge in [-0.05, 0) is 42.7 Å². The first-order valence-electron chi connectivity index (χ1n) is 11.2. The van der Waals surface area contributed by atoms with Crippen molar-refractivity contribution in [1.29, 1.82) is 0 Å². The Hall–Kier alpha value is -4.08. The summed E-state index contributed by atoms with van der Waals surface area (Å²) in [7, 11) is 0. The van der Waals surface area contributed by atoms with Crippen LogP contribution in [0.25, 0.3) is 11.4 Å². The normalized spacial score (nSPS) is 12.7. The van der Waals surface area contributed by atoms with Crippen molar-refractivity contribution in [3.8, 4) is 17.1 Å². The smallest absolute Gasteiger partial charge is 0.269 e. The quantitative estimate of drug-likeness (QED) is 0.244. The fourth-order valence-electron chi connectivity index (χ4n) is 3.56. The van der Waals surface area contributed by atoms with Crippen molar-refractivity contribution >= 4 is 5.69 Å². The third-order valence-corrected chi connectivity index (χ3v) is 5.48. The second-order valence-electron chi connectivity index (χ2n) is 8.14. The number of aryl methyl sites for hydroxylation is 1. The molecule has 0 unspecified atom stereocenters. The fourth-order valence-corrected chi connectivity index (χ4v) is 3.56. The van der Waals surface area contributed by atoms with Gasteiger partial charge in [0.1, 0.15) is 18.5 Å². The Kier molecular flexibility index (Phi) is 7.81. The molecule has 2 atom stereocenters. The molecule has 0 aliphatic carbocycles. The van der Waals surface area contributed by atoms with Crippen LogP contribution in [-0.2, 0) is 6.42 Å². The van der Waals surface area contributed by atoms with Crippen molar-refractivity contribution in [3.63, 3.8) is 0 Å². The van der Waals surface area contributed by atoms with Crippen LogP contribution in [0.15, 0.2) is 83.4 Å². The predicted molar refractivity (Wildman–Crippen MR) is 130 cm³/mol. The number of ether oxygens (including phenoxy) is 1. The van der Waals surface area contributed by atoms with Crippen LogP contribution in [0.1, 0.15) is 23.1 Å². The van der Waals surface area contributed by atoms with Crippen LogP contribution >= 0.6 is 0 Å². The zero-order valence-corrected chi connectivity index (χ0v) is 19.2. The van der Waals surface area contributed by atoms with Gasteiger partial charge in [-0.1, -0.05) is 53.7 Å². The van der Waals surface area contributed by atoms with Gasteiger partial charge >= 0.3 is 0 Å². The molecule has 4 rings (SSSR count). The van der Waals surface area contributed by atoms with Gasteiger partial charge < -0.3 is 19.7 Å². The maximum atomic E-state index is 10.9. The third-order valence-electron chi connectivity index (χ3n) is 5.48. The average Bonchev–Trinajstić information content (AvgIpc) is 3.37. The van der Waals surface area contributed by atoms with Gasteiger partial charge in [-0.3, -0.25) is 10.1 Å².